The monoisotopic (exact) mass is 347 g/mol. The van der Waals surface area contributed by atoms with Crippen molar-refractivity contribution in [2.45, 2.75) is 50.7 Å². The first kappa shape index (κ1) is 18.1. The molecule has 25 heavy (non-hydrogen) atoms. The molecule has 6 heteroatoms. The van der Waals surface area contributed by atoms with Crippen LogP contribution in [-0.2, 0) is 4.74 Å². The van der Waals surface area contributed by atoms with Crippen LogP contribution in [0.5, 0.6) is 0 Å². The normalized spacial score (nSPS) is 27.1. The van der Waals surface area contributed by atoms with E-state index in [9.17, 15) is 9.90 Å². The number of nitrogens with one attached hydrogen (secondary N) is 1. The van der Waals surface area contributed by atoms with E-state index in [1.807, 2.05) is 17.0 Å². The van der Waals surface area contributed by atoms with Gasteiger partial charge < -0.3 is 20.1 Å². The van der Waals surface area contributed by atoms with Gasteiger partial charge in [-0.05, 0) is 56.6 Å². The Bertz CT molecular complexity index is 554. The highest BCUT2D eigenvalue weighted by Crippen LogP contribution is 2.22. The smallest absolute Gasteiger partial charge is 0.255 e. The van der Waals surface area contributed by atoms with E-state index in [0.717, 1.165) is 57.4 Å². The summed E-state index contributed by atoms with van der Waals surface area (Å²) in [6.45, 7) is 2.28. The molecule has 0 bridgehead atoms. The van der Waals surface area contributed by atoms with Crippen LogP contribution in [0.1, 0.15) is 48.9 Å². The zero-order valence-electron chi connectivity index (χ0n) is 15.0. The summed E-state index contributed by atoms with van der Waals surface area (Å²) in [6.07, 6.45) is 7.25. The molecule has 2 aliphatic rings. The Morgan fingerprint density at radius 3 is 2.80 bits per heavy atom. The van der Waals surface area contributed by atoms with E-state index in [1.54, 1.807) is 13.3 Å². The van der Waals surface area contributed by atoms with Crippen LogP contribution >= 0.6 is 0 Å². The number of hydrogen-bond donors (Lipinski definition) is 2. The van der Waals surface area contributed by atoms with Crippen LogP contribution < -0.4 is 5.32 Å². The van der Waals surface area contributed by atoms with E-state index >= 15 is 0 Å². The molecule has 1 saturated carbocycles. The number of methoxy groups -OCH3 is 1. The fourth-order valence-electron chi connectivity index (χ4n) is 3.84. The maximum absolute atomic E-state index is 12.7. The van der Waals surface area contributed by atoms with E-state index in [2.05, 4.69) is 10.3 Å². The van der Waals surface area contributed by atoms with Gasteiger partial charge in [-0.25, -0.2) is 4.98 Å². The molecule has 1 aromatic rings. The Kier molecular flexibility index (Phi) is 6.26. The van der Waals surface area contributed by atoms with E-state index < -0.39 is 0 Å². The number of aliphatic hydroxyl groups is 1. The van der Waals surface area contributed by atoms with E-state index in [0.29, 0.717) is 24.1 Å². The third-order valence-electron chi connectivity index (χ3n) is 5.27. The summed E-state index contributed by atoms with van der Waals surface area (Å²) >= 11 is 0. The number of hydrogen-bond acceptors (Lipinski definition) is 5. The van der Waals surface area contributed by atoms with Gasteiger partial charge in [0.2, 0.25) is 0 Å². The first-order valence-electron chi connectivity index (χ1n) is 9.34. The molecule has 2 heterocycles. The minimum absolute atomic E-state index is 0.0561. The molecule has 2 fully saturated rings. The number of aromatic nitrogens is 1. The molecule has 6 nitrogen and oxygen atoms in total. The third kappa shape index (κ3) is 4.92. The molecule has 0 unspecified atom stereocenters. The second kappa shape index (κ2) is 8.63. The first-order valence-corrected chi connectivity index (χ1v) is 9.34. The van der Waals surface area contributed by atoms with Crippen molar-refractivity contribution in [1.29, 1.82) is 0 Å². The summed E-state index contributed by atoms with van der Waals surface area (Å²) in [5, 5.41) is 13.0. The van der Waals surface area contributed by atoms with Gasteiger partial charge in [0, 0.05) is 32.4 Å². The number of aliphatic hydroxyl groups excluding tert-OH is 1. The predicted molar refractivity (Wildman–Crippen MR) is 96.6 cm³/mol. The summed E-state index contributed by atoms with van der Waals surface area (Å²) in [5.74, 6) is 1.28. The van der Waals surface area contributed by atoms with Gasteiger partial charge in [0.25, 0.3) is 5.91 Å². The van der Waals surface area contributed by atoms with Gasteiger partial charge in [0.15, 0.2) is 0 Å². The summed E-state index contributed by atoms with van der Waals surface area (Å²) in [7, 11) is 1.71. The second-order valence-electron chi connectivity index (χ2n) is 7.30. The number of anilines is 1. The SMILES string of the molecule is COC[C@@H]1CCCN(C(=O)c2ccc(NC3CCC(O)CC3)nc2)C1. The minimum atomic E-state index is -0.155. The van der Waals surface area contributed by atoms with Crippen LogP contribution in [0.2, 0.25) is 0 Å². The fraction of sp³-hybridized carbons (Fsp3) is 0.684. The molecular weight excluding hydrogens is 318 g/mol. The lowest BCUT2D eigenvalue weighted by Crippen LogP contribution is -2.41. The Morgan fingerprint density at radius 1 is 1.32 bits per heavy atom. The van der Waals surface area contributed by atoms with Gasteiger partial charge in [-0.15, -0.1) is 0 Å². The number of rotatable bonds is 5. The topological polar surface area (TPSA) is 74.7 Å². The zero-order chi connectivity index (χ0) is 17.6. The Hall–Kier alpha value is -1.66. The summed E-state index contributed by atoms with van der Waals surface area (Å²) in [5.41, 5.74) is 0.641. The van der Waals surface area contributed by atoms with Crippen LogP contribution in [0.15, 0.2) is 18.3 Å². The van der Waals surface area contributed by atoms with E-state index in [4.69, 9.17) is 4.74 Å². The zero-order valence-corrected chi connectivity index (χ0v) is 15.0. The van der Waals surface area contributed by atoms with Crippen molar-refractivity contribution in [2.75, 3.05) is 32.1 Å². The quantitative estimate of drug-likeness (QED) is 0.855. The van der Waals surface area contributed by atoms with Crippen LogP contribution in [-0.4, -0.2) is 59.8 Å². The molecule has 1 saturated heterocycles. The molecule has 1 amide bonds. The Morgan fingerprint density at radius 2 is 2.12 bits per heavy atom. The van der Waals surface area contributed by atoms with Crippen molar-refractivity contribution in [1.82, 2.24) is 9.88 Å². The highest BCUT2D eigenvalue weighted by Gasteiger charge is 2.25. The number of amides is 1. The van der Waals surface area contributed by atoms with Crippen molar-refractivity contribution >= 4 is 11.7 Å². The molecule has 2 N–H and O–H groups in total. The first-order chi connectivity index (χ1) is 12.2. The van der Waals surface area contributed by atoms with Gasteiger partial charge in [0.05, 0.1) is 18.3 Å². The van der Waals surface area contributed by atoms with Crippen molar-refractivity contribution < 1.29 is 14.6 Å². The molecular formula is C19H29N3O3. The third-order valence-corrected chi connectivity index (χ3v) is 5.27. The number of piperidine rings is 1. The van der Waals surface area contributed by atoms with Crippen molar-refractivity contribution in [3.8, 4) is 0 Å². The number of pyridine rings is 1. The largest absolute Gasteiger partial charge is 0.393 e. The van der Waals surface area contributed by atoms with Gasteiger partial charge in [-0.1, -0.05) is 0 Å². The summed E-state index contributed by atoms with van der Waals surface area (Å²) in [4.78, 5) is 19.0. The standard InChI is InChI=1S/C19H29N3O3/c1-25-13-14-3-2-10-22(12-14)19(24)15-4-9-18(20-11-15)21-16-5-7-17(23)8-6-16/h4,9,11,14,16-17,23H,2-3,5-8,10,12-13H2,1H3,(H,20,21)/t14-,16?,17?/m1/s1. The average molecular weight is 347 g/mol. The number of likely N-dealkylation sites (tertiary alicyclic amines) is 1. The number of carbonyl (C=O) groups is 1. The van der Waals surface area contributed by atoms with Crippen LogP contribution in [0, 0.1) is 5.92 Å². The van der Waals surface area contributed by atoms with Crippen LogP contribution in [0.3, 0.4) is 0 Å². The molecule has 0 aromatic carbocycles. The maximum Gasteiger partial charge on any atom is 0.255 e. The Balaban J connectivity index is 1.55. The summed E-state index contributed by atoms with van der Waals surface area (Å²) in [6, 6.07) is 4.10. The van der Waals surface area contributed by atoms with Crippen LogP contribution in [0.4, 0.5) is 5.82 Å². The highest BCUT2D eigenvalue weighted by atomic mass is 16.5. The van der Waals surface area contributed by atoms with Gasteiger partial charge in [-0.2, -0.15) is 0 Å². The van der Waals surface area contributed by atoms with E-state index in [-0.39, 0.29) is 12.0 Å². The number of ether oxygens (including phenoxy) is 1. The number of nitrogens with zero attached hydrogens (tertiary/aromatic N) is 2. The van der Waals surface area contributed by atoms with Crippen molar-refractivity contribution in [2.24, 2.45) is 5.92 Å². The van der Waals surface area contributed by atoms with Crippen molar-refractivity contribution in [3.05, 3.63) is 23.9 Å². The minimum Gasteiger partial charge on any atom is -0.393 e. The van der Waals surface area contributed by atoms with Gasteiger partial charge >= 0.3 is 0 Å². The van der Waals surface area contributed by atoms with Gasteiger partial charge in [0.1, 0.15) is 5.82 Å². The lowest BCUT2D eigenvalue weighted by molar-refractivity contribution is 0.0570. The fourth-order valence-corrected chi connectivity index (χ4v) is 3.84. The van der Waals surface area contributed by atoms with E-state index in [1.165, 1.54) is 0 Å². The lowest BCUT2D eigenvalue weighted by atomic mass is 9.93. The molecule has 1 aliphatic heterocycles. The predicted octanol–water partition coefficient (Wildman–Crippen LogP) is 2.30. The maximum atomic E-state index is 12.7. The number of carbonyl (C=O) groups excluding carboxylic acids is 1. The molecule has 138 valence electrons. The highest BCUT2D eigenvalue weighted by molar-refractivity contribution is 5.94. The molecule has 0 radical (unpaired) electrons. The Labute approximate surface area is 149 Å². The second-order valence-corrected chi connectivity index (χ2v) is 7.30. The average Bonchev–Trinajstić information content (AvgIpc) is 2.64. The molecule has 1 aliphatic carbocycles. The molecule has 1 aromatic heterocycles. The van der Waals surface area contributed by atoms with Gasteiger partial charge in [-0.3, -0.25) is 4.79 Å². The van der Waals surface area contributed by atoms with Crippen LogP contribution in [0.25, 0.3) is 0 Å². The lowest BCUT2D eigenvalue weighted by Gasteiger charge is -2.32. The molecule has 1 atom stereocenters. The van der Waals surface area contributed by atoms with Crippen molar-refractivity contribution in [3.63, 3.8) is 0 Å². The molecule has 0 spiro atoms. The summed E-state index contributed by atoms with van der Waals surface area (Å²) < 4.78 is 5.24. The molecule has 3 rings (SSSR count).